The molecule has 0 unspecified atom stereocenters. The average molecular weight is 298 g/mol. The third-order valence-electron chi connectivity index (χ3n) is 2.34. The first kappa shape index (κ1) is 11.5. The highest BCUT2D eigenvalue weighted by Crippen LogP contribution is 2.24. The van der Waals surface area contributed by atoms with Gasteiger partial charge in [0.05, 0.1) is 22.2 Å². The third-order valence-corrected chi connectivity index (χ3v) is 4.28. The minimum atomic E-state index is 0.769. The topological polar surface area (TPSA) is 37.8 Å². The second kappa shape index (κ2) is 4.93. The van der Waals surface area contributed by atoms with Crippen LogP contribution in [0.1, 0.15) is 16.1 Å². The molecule has 2 aromatic heterocycles. The molecule has 0 fully saturated rings. The van der Waals surface area contributed by atoms with Crippen molar-refractivity contribution in [1.29, 1.82) is 0 Å². The van der Waals surface area contributed by atoms with Crippen LogP contribution < -0.4 is 5.32 Å². The lowest BCUT2D eigenvalue weighted by molar-refractivity contribution is 1.09. The summed E-state index contributed by atoms with van der Waals surface area (Å²) in [7, 11) is 0. The van der Waals surface area contributed by atoms with Crippen LogP contribution in [0.4, 0.5) is 5.82 Å². The number of aromatic nitrogens is 2. The van der Waals surface area contributed by atoms with E-state index in [1.54, 1.807) is 11.3 Å². The van der Waals surface area contributed by atoms with Crippen LogP contribution in [0.3, 0.4) is 0 Å². The molecule has 2 rings (SSSR count). The highest BCUT2D eigenvalue weighted by molar-refractivity contribution is 9.10. The van der Waals surface area contributed by atoms with Crippen LogP contribution in [0.5, 0.6) is 0 Å². The Hall–Kier alpha value is -0.940. The maximum Gasteiger partial charge on any atom is 0.140 e. The summed E-state index contributed by atoms with van der Waals surface area (Å²) < 4.78 is 1.03. The smallest absolute Gasteiger partial charge is 0.140 e. The number of pyridine rings is 1. The molecule has 0 radical (unpaired) electrons. The van der Waals surface area contributed by atoms with E-state index in [2.05, 4.69) is 38.1 Å². The Morgan fingerprint density at radius 2 is 2.19 bits per heavy atom. The van der Waals surface area contributed by atoms with E-state index in [9.17, 15) is 0 Å². The normalized spacial score (nSPS) is 10.4. The Balaban J connectivity index is 2.11. The lowest BCUT2D eigenvalue weighted by Gasteiger charge is -2.08. The van der Waals surface area contributed by atoms with E-state index < -0.39 is 0 Å². The number of aryl methyl sites for hydroxylation is 2. The second-order valence-corrected chi connectivity index (χ2v) is 5.24. The predicted molar refractivity (Wildman–Crippen MR) is 70.9 cm³/mol. The average Bonchev–Trinajstić information content (AvgIpc) is 2.67. The molecule has 0 aliphatic rings. The van der Waals surface area contributed by atoms with Crippen LogP contribution >= 0.6 is 27.3 Å². The van der Waals surface area contributed by atoms with Crippen LogP contribution in [0.15, 0.2) is 22.2 Å². The predicted octanol–water partition coefficient (Wildman–Crippen LogP) is 3.53. The van der Waals surface area contributed by atoms with Crippen molar-refractivity contribution < 1.29 is 0 Å². The van der Waals surface area contributed by atoms with Crippen LogP contribution in [0.2, 0.25) is 0 Å². The number of thiazole rings is 1. The van der Waals surface area contributed by atoms with Crippen molar-refractivity contribution in [3.05, 3.63) is 38.4 Å². The van der Waals surface area contributed by atoms with Gasteiger partial charge in [0, 0.05) is 11.1 Å². The third kappa shape index (κ3) is 2.41. The van der Waals surface area contributed by atoms with Gasteiger partial charge in [-0.15, -0.1) is 11.3 Å². The molecule has 3 nitrogen and oxygen atoms in total. The van der Waals surface area contributed by atoms with Crippen molar-refractivity contribution in [3.63, 3.8) is 0 Å². The van der Waals surface area contributed by atoms with Crippen molar-refractivity contribution in [2.24, 2.45) is 0 Å². The number of hydrogen-bond acceptors (Lipinski definition) is 4. The highest BCUT2D eigenvalue weighted by Gasteiger charge is 2.05. The minimum Gasteiger partial charge on any atom is -0.364 e. The summed E-state index contributed by atoms with van der Waals surface area (Å²) in [6.07, 6.45) is 1.81. The molecule has 0 aliphatic heterocycles. The molecular formula is C11H12BrN3S. The van der Waals surface area contributed by atoms with Crippen molar-refractivity contribution in [3.8, 4) is 0 Å². The van der Waals surface area contributed by atoms with E-state index in [0.717, 1.165) is 22.5 Å². The fourth-order valence-electron chi connectivity index (χ4n) is 1.32. The number of nitrogens with zero attached hydrogens (tertiary/aromatic N) is 2. The first-order chi connectivity index (χ1) is 7.68. The molecule has 0 amide bonds. The molecule has 0 atom stereocenters. The number of hydrogen-bond donors (Lipinski definition) is 1. The standard InChI is InChI=1S/C11H12BrN3S/c1-7-3-4-13-11(10(7)12)14-5-9-8(2)15-6-16-9/h3-4,6H,5H2,1-2H3,(H,13,14). The Morgan fingerprint density at radius 1 is 1.38 bits per heavy atom. The molecule has 1 N–H and O–H groups in total. The number of anilines is 1. The zero-order valence-electron chi connectivity index (χ0n) is 9.12. The van der Waals surface area contributed by atoms with Gasteiger partial charge in [-0.2, -0.15) is 0 Å². The van der Waals surface area contributed by atoms with Crippen molar-refractivity contribution in [2.45, 2.75) is 20.4 Å². The first-order valence-electron chi connectivity index (χ1n) is 4.92. The molecule has 16 heavy (non-hydrogen) atoms. The van der Waals surface area contributed by atoms with E-state index in [1.165, 1.54) is 10.4 Å². The molecule has 0 spiro atoms. The zero-order valence-corrected chi connectivity index (χ0v) is 11.5. The molecule has 0 bridgehead atoms. The van der Waals surface area contributed by atoms with Gasteiger partial charge in [0.15, 0.2) is 0 Å². The summed E-state index contributed by atoms with van der Waals surface area (Å²) in [5.74, 6) is 0.882. The number of nitrogens with one attached hydrogen (secondary N) is 1. The summed E-state index contributed by atoms with van der Waals surface area (Å²) >= 11 is 5.19. The zero-order chi connectivity index (χ0) is 11.5. The Bertz CT molecular complexity index is 496. The highest BCUT2D eigenvalue weighted by atomic mass is 79.9. The summed E-state index contributed by atoms with van der Waals surface area (Å²) in [5, 5.41) is 3.31. The maximum absolute atomic E-state index is 4.29. The molecule has 5 heteroatoms. The second-order valence-electron chi connectivity index (χ2n) is 3.50. The Labute approximate surface area is 107 Å². The molecule has 0 saturated carbocycles. The fourth-order valence-corrected chi connectivity index (χ4v) is 2.41. The summed E-state index contributed by atoms with van der Waals surface area (Å²) in [4.78, 5) is 9.76. The summed E-state index contributed by atoms with van der Waals surface area (Å²) in [6, 6.07) is 1.98. The van der Waals surface area contributed by atoms with Crippen LogP contribution in [-0.4, -0.2) is 9.97 Å². The first-order valence-corrected chi connectivity index (χ1v) is 6.59. The van der Waals surface area contributed by atoms with Crippen LogP contribution in [-0.2, 0) is 6.54 Å². The van der Waals surface area contributed by atoms with Gasteiger partial charge in [-0.1, -0.05) is 0 Å². The monoisotopic (exact) mass is 297 g/mol. The molecule has 0 saturated heterocycles. The van der Waals surface area contributed by atoms with Crippen molar-refractivity contribution in [2.75, 3.05) is 5.32 Å². The van der Waals surface area contributed by atoms with Gasteiger partial charge in [0.1, 0.15) is 5.82 Å². The van der Waals surface area contributed by atoms with E-state index in [-0.39, 0.29) is 0 Å². The van der Waals surface area contributed by atoms with E-state index in [4.69, 9.17) is 0 Å². The molecule has 0 aliphatic carbocycles. The van der Waals surface area contributed by atoms with Gasteiger partial charge in [0.25, 0.3) is 0 Å². The van der Waals surface area contributed by atoms with Gasteiger partial charge in [-0.25, -0.2) is 9.97 Å². The molecular weight excluding hydrogens is 286 g/mol. The van der Waals surface area contributed by atoms with Crippen LogP contribution in [0.25, 0.3) is 0 Å². The lowest BCUT2D eigenvalue weighted by atomic mass is 10.3. The quantitative estimate of drug-likeness (QED) is 0.942. The van der Waals surface area contributed by atoms with Gasteiger partial charge in [-0.3, -0.25) is 0 Å². The Morgan fingerprint density at radius 3 is 2.88 bits per heavy atom. The molecule has 2 heterocycles. The van der Waals surface area contributed by atoms with E-state index in [0.29, 0.717) is 0 Å². The van der Waals surface area contributed by atoms with Gasteiger partial charge in [0.2, 0.25) is 0 Å². The fraction of sp³-hybridized carbons (Fsp3) is 0.273. The number of halogens is 1. The Kier molecular flexibility index (Phi) is 3.56. The van der Waals surface area contributed by atoms with Crippen molar-refractivity contribution in [1.82, 2.24) is 9.97 Å². The largest absolute Gasteiger partial charge is 0.364 e. The van der Waals surface area contributed by atoms with Gasteiger partial charge >= 0.3 is 0 Å². The summed E-state index contributed by atoms with van der Waals surface area (Å²) in [5.41, 5.74) is 4.13. The molecule has 2 aromatic rings. The summed E-state index contributed by atoms with van der Waals surface area (Å²) in [6.45, 7) is 4.84. The number of rotatable bonds is 3. The van der Waals surface area contributed by atoms with E-state index >= 15 is 0 Å². The minimum absolute atomic E-state index is 0.769. The van der Waals surface area contributed by atoms with Crippen molar-refractivity contribution >= 4 is 33.1 Å². The molecule has 0 aromatic carbocycles. The van der Waals surface area contributed by atoms with E-state index in [1.807, 2.05) is 24.7 Å². The van der Waals surface area contributed by atoms with Crippen LogP contribution in [0, 0.1) is 13.8 Å². The lowest BCUT2D eigenvalue weighted by Crippen LogP contribution is -2.02. The SMILES string of the molecule is Cc1ccnc(NCc2scnc2C)c1Br. The maximum atomic E-state index is 4.29. The van der Waals surface area contributed by atoms with Gasteiger partial charge in [-0.05, 0) is 41.4 Å². The molecule has 84 valence electrons. The van der Waals surface area contributed by atoms with Gasteiger partial charge < -0.3 is 5.32 Å².